The summed E-state index contributed by atoms with van der Waals surface area (Å²) in [6, 6.07) is 9.67. The second kappa shape index (κ2) is 8.00. The first-order valence-electron chi connectivity index (χ1n) is 3.32. The minimum absolute atomic E-state index is 0. The SMILES string of the molecule is [CH2-][C@H]([O-])Cc1ccccc1.[Li+].[Li+]. The van der Waals surface area contributed by atoms with E-state index in [0.29, 0.717) is 6.42 Å². The Bertz CT molecular complexity index is 187. The van der Waals surface area contributed by atoms with Crippen LogP contribution in [0.2, 0.25) is 0 Å². The number of rotatable bonds is 2. The van der Waals surface area contributed by atoms with E-state index in [2.05, 4.69) is 6.92 Å². The molecule has 0 saturated heterocycles. The van der Waals surface area contributed by atoms with Gasteiger partial charge in [-0.2, -0.15) is 0 Å². The van der Waals surface area contributed by atoms with Crippen molar-refractivity contribution in [2.45, 2.75) is 12.5 Å². The third-order valence-electron chi connectivity index (χ3n) is 1.31. The van der Waals surface area contributed by atoms with Crippen molar-refractivity contribution in [1.29, 1.82) is 0 Å². The average molecular weight is 148 g/mol. The van der Waals surface area contributed by atoms with Crippen LogP contribution in [0.3, 0.4) is 0 Å². The van der Waals surface area contributed by atoms with E-state index in [1.54, 1.807) is 0 Å². The molecule has 0 aliphatic carbocycles. The van der Waals surface area contributed by atoms with Gasteiger partial charge in [-0.05, 0) is 0 Å². The topological polar surface area (TPSA) is 23.1 Å². The van der Waals surface area contributed by atoms with Gasteiger partial charge in [0.1, 0.15) is 0 Å². The molecular weight excluding hydrogens is 138 g/mol. The quantitative estimate of drug-likeness (QED) is 0.303. The maximum Gasteiger partial charge on any atom is 1.00 e. The van der Waals surface area contributed by atoms with Crippen molar-refractivity contribution in [3.63, 3.8) is 0 Å². The molecule has 0 unspecified atom stereocenters. The molecular formula is C9H10Li2O. The molecule has 1 aromatic rings. The van der Waals surface area contributed by atoms with Crippen LogP contribution in [0.4, 0.5) is 0 Å². The van der Waals surface area contributed by atoms with Crippen LogP contribution in [0.25, 0.3) is 0 Å². The van der Waals surface area contributed by atoms with Crippen molar-refractivity contribution in [2.75, 3.05) is 0 Å². The van der Waals surface area contributed by atoms with Crippen molar-refractivity contribution in [2.24, 2.45) is 0 Å². The van der Waals surface area contributed by atoms with Crippen molar-refractivity contribution in [3.05, 3.63) is 42.8 Å². The Balaban J connectivity index is 0. The molecule has 0 aromatic heterocycles. The normalized spacial score (nSPS) is 10.8. The van der Waals surface area contributed by atoms with E-state index in [9.17, 15) is 5.11 Å². The zero-order chi connectivity index (χ0) is 7.40. The second-order valence-electron chi connectivity index (χ2n) is 2.31. The first-order valence-corrected chi connectivity index (χ1v) is 3.32. The molecule has 0 aliphatic heterocycles. The summed E-state index contributed by atoms with van der Waals surface area (Å²) >= 11 is 0. The zero-order valence-electron chi connectivity index (χ0n) is 7.79. The fraction of sp³-hybridized carbons (Fsp3) is 0.222. The van der Waals surface area contributed by atoms with Crippen molar-refractivity contribution >= 4 is 0 Å². The standard InChI is InChI=1S/C9H10O.2Li/c1-8(10)7-9-5-3-2-4-6-9;;/h2-6,8H,1,7H2;;/q-2;2*+1/t8-;;/m0../s1. The fourth-order valence-corrected chi connectivity index (χ4v) is 0.877. The van der Waals surface area contributed by atoms with E-state index < -0.39 is 6.10 Å². The van der Waals surface area contributed by atoms with Gasteiger partial charge in [0.15, 0.2) is 0 Å². The number of hydrogen-bond donors (Lipinski definition) is 0. The van der Waals surface area contributed by atoms with Crippen LogP contribution in [-0.2, 0) is 6.42 Å². The number of hydrogen-bond acceptors (Lipinski definition) is 1. The number of benzene rings is 1. The van der Waals surface area contributed by atoms with Gasteiger partial charge in [-0.1, -0.05) is 42.3 Å². The van der Waals surface area contributed by atoms with Crippen LogP contribution in [0.1, 0.15) is 5.56 Å². The molecule has 0 fully saturated rings. The van der Waals surface area contributed by atoms with Gasteiger partial charge < -0.3 is 12.0 Å². The van der Waals surface area contributed by atoms with Gasteiger partial charge in [0, 0.05) is 0 Å². The van der Waals surface area contributed by atoms with Crippen LogP contribution in [-0.4, -0.2) is 6.10 Å². The predicted octanol–water partition coefficient (Wildman–Crippen LogP) is -5.20. The van der Waals surface area contributed by atoms with Gasteiger partial charge in [-0.15, -0.1) is 0 Å². The van der Waals surface area contributed by atoms with Gasteiger partial charge in [0.2, 0.25) is 0 Å². The molecule has 0 spiro atoms. The molecule has 1 nitrogen and oxygen atoms in total. The van der Waals surface area contributed by atoms with Crippen molar-refractivity contribution in [1.82, 2.24) is 0 Å². The zero-order valence-corrected chi connectivity index (χ0v) is 7.79. The largest absolute Gasteiger partial charge is 1.00 e. The van der Waals surface area contributed by atoms with E-state index >= 15 is 0 Å². The first-order chi connectivity index (χ1) is 4.79. The Kier molecular flexibility index (Phi) is 9.91. The molecule has 54 valence electrons. The first kappa shape index (κ1) is 14.9. The third-order valence-corrected chi connectivity index (χ3v) is 1.31. The summed E-state index contributed by atoms with van der Waals surface area (Å²) < 4.78 is 0. The second-order valence-corrected chi connectivity index (χ2v) is 2.31. The monoisotopic (exact) mass is 148 g/mol. The Morgan fingerprint density at radius 1 is 1.17 bits per heavy atom. The summed E-state index contributed by atoms with van der Waals surface area (Å²) in [5.41, 5.74) is 1.07. The van der Waals surface area contributed by atoms with Crippen LogP contribution < -0.4 is 42.8 Å². The summed E-state index contributed by atoms with van der Waals surface area (Å²) in [5, 5.41) is 10.6. The smallest absolute Gasteiger partial charge is 0.876 e. The molecule has 0 saturated carbocycles. The average Bonchev–Trinajstić information content (AvgIpc) is 1.88. The molecule has 0 heterocycles. The van der Waals surface area contributed by atoms with Gasteiger partial charge >= 0.3 is 37.7 Å². The molecule has 0 aliphatic rings. The summed E-state index contributed by atoms with van der Waals surface area (Å²) in [4.78, 5) is 0. The van der Waals surface area contributed by atoms with E-state index in [1.165, 1.54) is 0 Å². The predicted molar refractivity (Wildman–Crippen MR) is 39.3 cm³/mol. The van der Waals surface area contributed by atoms with E-state index in [4.69, 9.17) is 0 Å². The maximum atomic E-state index is 10.6. The molecule has 0 bridgehead atoms. The molecule has 0 amide bonds. The minimum atomic E-state index is -0.734. The summed E-state index contributed by atoms with van der Waals surface area (Å²) in [5.74, 6) is 0. The van der Waals surface area contributed by atoms with Crippen LogP contribution in [0, 0.1) is 6.92 Å². The molecule has 0 radical (unpaired) electrons. The summed E-state index contributed by atoms with van der Waals surface area (Å²) in [6.07, 6.45) is -0.205. The van der Waals surface area contributed by atoms with Crippen molar-refractivity contribution in [3.8, 4) is 0 Å². The molecule has 1 aromatic carbocycles. The summed E-state index contributed by atoms with van der Waals surface area (Å²) in [7, 11) is 0. The van der Waals surface area contributed by atoms with Crippen molar-refractivity contribution < 1.29 is 42.8 Å². The minimum Gasteiger partial charge on any atom is -0.876 e. The maximum absolute atomic E-state index is 10.6. The summed E-state index contributed by atoms with van der Waals surface area (Å²) in [6.45, 7) is 3.38. The Morgan fingerprint density at radius 3 is 2.08 bits per heavy atom. The fourth-order valence-electron chi connectivity index (χ4n) is 0.877. The Hall–Kier alpha value is 0.375. The van der Waals surface area contributed by atoms with Gasteiger partial charge in [0.25, 0.3) is 0 Å². The molecule has 1 atom stereocenters. The van der Waals surface area contributed by atoms with Gasteiger partial charge in [0.05, 0.1) is 0 Å². The molecule has 0 N–H and O–H groups in total. The molecule has 3 heteroatoms. The van der Waals surface area contributed by atoms with Crippen LogP contribution in [0.15, 0.2) is 30.3 Å². The van der Waals surface area contributed by atoms with Gasteiger partial charge in [-0.3, -0.25) is 6.10 Å². The van der Waals surface area contributed by atoms with Crippen LogP contribution >= 0.6 is 0 Å². The molecule has 1 rings (SSSR count). The van der Waals surface area contributed by atoms with Gasteiger partial charge in [-0.25, -0.2) is 0 Å². The Labute approximate surface area is 97.9 Å². The third kappa shape index (κ3) is 5.95. The van der Waals surface area contributed by atoms with E-state index in [0.717, 1.165) is 5.56 Å². The van der Waals surface area contributed by atoms with E-state index in [-0.39, 0.29) is 37.7 Å². The molecule has 12 heavy (non-hydrogen) atoms. The van der Waals surface area contributed by atoms with E-state index in [1.807, 2.05) is 30.3 Å². The Morgan fingerprint density at radius 2 is 1.67 bits per heavy atom. The van der Waals surface area contributed by atoms with Crippen LogP contribution in [0.5, 0.6) is 0 Å².